The number of nitrogens with zero attached hydrogens (tertiary/aromatic N) is 2. The summed E-state index contributed by atoms with van der Waals surface area (Å²) >= 11 is 0. The van der Waals surface area contributed by atoms with Gasteiger partial charge in [0.05, 0.1) is 11.6 Å². The van der Waals surface area contributed by atoms with E-state index in [2.05, 4.69) is 32.8 Å². The number of aliphatic hydroxyl groups is 1. The Hall–Kier alpha value is -0.200. The van der Waals surface area contributed by atoms with Gasteiger partial charge in [-0.25, -0.2) is 0 Å². The van der Waals surface area contributed by atoms with E-state index < -0.39 is 5.54 Å². The van der Waals surface area contributed by atoms with Crippen LogP contribution in [0.4, 0.5) is 0 Å². The largest absolute Gasteiger partial charge is 0.393 e. The molecule has 2 aliphatic rings. The molecule has 0 spiro atoms. The third-order valence-electron chi connectivity index (χ3n) is 5.39. The smallest absolute Gasteiger partial charge is 0.101 e. The topological polar surface area (TPSA) is 56.2 Å². The molecule has 2 fully saturated rings. The van der Waals surface area contributed by atoms with Crippen molar-refractivity contribution in [2.45, 2.75) is 109 Å². The monoisotopic (exact) mass is 314 g/mol. The summed E-state index contributed by atoms with van der Waals surface area (Å²) in [6, 6.07) is 0. The first-order chi connectivity index (χ1) is 9.70. The van der Waals surface area contributed by atoms with Crippen molar-refractivity contribution in [2.75, 3.05) is 0 Å². The minimum atomic E-state index is -0.453. The second-order valence-electron chi connectivity index (χ2n) is 9.56. The van der Waals surface area contributed by atoms with Gasteiger partial charge in [0, 0.05) is 16.6 Å². The van der Waals surface area contributed by atoms with Crippen LogP contribution in [0, 0.1) is 0 Å². The molecular weight excluding hydrogens is 280 g/mol. The van der Waals surface area contributed by atoms with Crippen LogP contribution in [-0.2, 0) is 4.84 Å². The summed E-state index contributed by atoms with van der Waals surface area (Å²) in [5.41, 5.74) is -1.25. The Morgan fingerprint density at radius 1 is 0.818 bits per heavy atom. The Labute approximate surface area is 135 Å². The molecule has 2 heterocycles. The zero-order chi connectivity index (χ0) is 17.1. The molecule has 0 aromatic heterocycles. The van der Waals surface area contributed by atoms with Crippen LogP contribution in [0.1, 0.15) is 74.7 Å². The second kappa shape index (κ2) is 5.15. The van der Waals surface area contributed by atoms with Crippen molar-refractivity contribution < 1.29 is 15.2 Å². The predicted octanol–water partition coefficient (Wildman–Crippen LogP) is 2.95. The highest BCUT2D eigenvalue weighted by Gasteiger charge is 2.55. The van der Waals surface area contributed by atoms with Crippen LogP contribution in [-0.4, -0.2) is 54.8 Å². The van der Waals surface area contributed by atoms with E-state index in [1.54, 1.807) is 0 Å². The molecule has 2 saturated heterocycles. The Bertz CT molecular complexity index is 414. The van der Waals surface area contributed by atoms with E-state index in [1.807, 2.05) is 27.7 Å². The summed E-state index contributed by atoms with van der Waals surface area (Å²) in [6.07, 6.45) is 1.75. The van der Waals surface area contributed by atoms with Gasteiger partial charge in [0.25, 0.3) is 0 Å². The minimum Gasteiger partial charge on any atom is -0.393 e. The van der Waals surface area contributed by atoms with Gasteiger partial charge >= 0.3 is 0 Å². The summed E-state index contributed by atoms with van der Waals surface area (Å²) in [5.74, 6) is 0. The maximum absolute atomic E-state index is 10.5. The Morgan fingerprint density at radius 2 is 1.27 bits per heavy atom. The van der Waals surface area contributed by atoms with E-state index in [0.29, 0.717) is 12.8 Å². The van der Waals surface area contributed by atoms with Crippen LogP contribution >= 0.6 is 0 Å². The van der Waals surface area contributed by atoms with Crippen molar-refractivity contribution >= 4 is 0 Å². The van der Waals surface area contributed by atoms with Gasteiger partial charge in [-0.05, 0) is 74.7 Å². The molecule has 0 saturated carbocycles. The molecule has 130 valence electrons. The molecule has 2 rings (SSSR count). The summed E-state index contributed by atoms with van der Waals surface area (Å²) in [5, 5.41) is 24.1. The third kappa shape index (κ3) is 2.94. The van der Waals surface area contributed by atoms with E-state index in [9.17, 15) is 10.3 Å². The van der Waals surface area contributed by atoms with Crippen LogP contribution in [0.15, 0.2) is 0 Å². The fraction of sp³-hybridized carbons (Fsp3) is 1.00. The van der Waals surface area contributed by atoms with Crippen molar-refractivity contribution in [3.05, 3.63) is 0 Å². The molecule has 0 aromatic rings. The fourth-order valence-corrected chi connectivity index (χ4v) is 4.50. The molecule has 5 nitrogen and oxygen atoms in total. The standard InChI is InChI=1S/C17H34N2O3/c1-14(2)11-13(17(7,8)18(14)21)22-19-15(3,4)9-12(20)10-16(19,5)6/h12-13,20-21H,9-11H2,1-8H3. The fourth-order valence-electron chi connectivity index (χ4n) is 4.50. The van der Waals surface area contributed by atoms with Gasteiger partial charge < -0.3 is 10.3 Å². The predicted molar refractivity (Wildman–Crippen MR) is 86.5 cm³/mol. The quantitative estimate of drug-likeness (QED) is 0.821. The lowest BCUT2D eigenvalue weighted by Gasteiger charge is -2.54. The first-order valence-electron chi connectivity index (χ1n) is 8.34. The van der Waals surface area contributed by atoms with E-state index in [1.165, 1.54) is 5.06 Å². The van der Waals surface area contributed by atoms with Crippen molar-refractivity contribution in [3.8, 4) is 0 Å². The molecule has 1 atom stereocenters. The number of rotatable bonds is 2. The van der Waals surface area contributed by atoms with Gasteiger partial charge in [0.1, 0.15) is 6.10 Å². The second-order valence-corrected chi connectivity index (χ2v) is 9.56. The summed E-state index contributed by atoms with van der Waals surface area (Å²) in [4.78, 5) is 6.47. The van der Waals surface area contributed by atoms with Crippen LogP contribution < -0.4 is 0 Å². The highest BCUT2D eigenvalue weighted by molar-refractivity contribution is 5.04. The van der Waals surface area contributed by atoms with Crippen molar-refractivity contribution in [1.29, 1.82) is 0 Å². The van der Waals surface area contributed by atoms with Crippen LogP contribution in [0.3, 0.4) is 0 Å². The Balaban J connectivity index is 2.25. The maximum Gasteiger partial charge on any atom is 0.101 e. The number of hydrogen-bond donors (Lipinski definition) is 2. The maximum atomic E-state index is 10.5. The molecule has 2 N–H and O–H groups in total. The molecule has 2 aliphatic heterocycles. The van der Waals surface area contributed by atoms with Gasteiger partial charge in [-0.15, -0.1) is 0 Å². The van der Waals surface area contributed by atoms with Crippen molar-refractivity contribution in [3.63, 3.8) is 0 Å². The lowest BCUT2D eigenvalue weighted by atomic mass is 9.80. The van der Waals surface area contributed by atoms with Gasteiger partial charge in [-0.1, -0.05) is 0 Å². The van der Waals surface area contributed by atoms with Crippen molar-refractivity contribution in [1.82, 2.24) is 10.1 Å². The average molecular weight is 314 g/mol. The van der Waals surface area contributed by atoms with Crippen LogP contribution in [0.2, 0.25) is 0 Å². The summed E-state index contributed by atoms with van der Waals surface area (Å²) in [6.45, 7) is 16.6. The molecule has 22 heavy (non-hydrogen) atoms. The number of aliphatic hydroxyl groups excluding tert-OH is 1. The molecule has 1 unspecified atom stereocenters. The van der Waals surface area contributed by atoms with E-state index >= 15 is 0 Å². The van der Waals surface area contributed by atoms with Crippen molar-refractivity contribution in [2.24, 2.45) is 0 Å². The highest BCUT2D eigenvalue weighted by atomic mass is 16.7. The summed E-state index contributed by atoms with van der Waals surface area (Å²) in [7, 11) is 0. The Kier molecular flexibility index (Phi) is 4.25. The lowest BCUT2D eigenvalue weighted by molar-refractivity contribution is -0.328. The number of hydrogen-bond acceptors (Lipinski definition) is 5. The summed E-state index contributed by atoms with van der Waals surface area (Å²) < 4.78 is 0. The van der Waals surface area contributed by atoms with Gasteiger partial charge in [-0.3, -0.25) is 4.84 Å². The number of hydroxylamine groups is 4. The minimum absolute atomic E-state index is 0.0960. The molecule has 0 radical (unpaired) electrons. The van der Waals surface area contributed by atoms with Gasteiger partial charge in [0.2, 0.25) is 0 Å². The molecular formula is C17H34N2O3. The molecule has 0 aliphatic carbocycles. The molecule has 0 bridgehead atoms. The SMILES string of the molecule is CC1(C)CC(O)CC(C)(C)N1OC1CC(C)(C)N(O)C1(C)C. The first kappa shape index (κ1) is 18.1. The van der Waals surface area contributed by atoms with Crippen LogP contribution in [0.25, 0.3) is 0 Å². The lowest BCUT2D eigenvalue weighted by Crippen LogP contribution is -2.63. The average Bonchev–Trinajstić information content (AvgIpc) is 2.43. The zero-order valence-corrected chi connectivity index (χ0v) is 15.5. The number of piperidine rings is 1. The van der Waals surface area contributed by atoms with Gasteiger partial charge in [0.15, 0.2) is 0 Å². The van der Waals surface area contributed by atoms with E-state index in [0.717, 1.165) is 6.42 Å². The van der Waals surface area contributed by atoms with E-state index in [4.69, 9.17) is 4.84 Å². The van der Waals surface area contributed by atoms with Crippen LogP contribution in [0.5, 0.6) is 0 Å². The third-order valence-corrected chi connectivity index (χ3v) is 5.39. The Morgan fingerprint density at radius 3 is 1.64 bits per heavy atom. The van der Waals surface area contributed by atoms with E-state index in [-0.39, 0.29) is 28.8 Å². The molecule has 5 heteroatoms. The normalized spacial score (nSPS) is 34.9. The molecule has 0 aromatic carbocycles. The van der Waals surface area contributed by atoms with Gasteiger partial charge in [-0.2, -0.15) is 10.1 Å². The molecule has 0 amide bonds. The highest BCUT2D eigenvalue weighted by Crippen LogP contribution is 2.45. The zero-order valence-electron chi connectivity index (χ0n) is 15.5. The first-order valence-corrected chi connectivity index (χ1v) is 8.34.